The number of hydrogen-bond donors (Lipinski definition) is 1. The number of rotatable bonds is 2. The van der Waals surface area contributed by atoms with E-state index in [1.54, 1.807) is 0 Å². The van der Waals surface area contributed by atoms with E-state index in [2.05, 4.69) is 50.9 Å². The molecule has 3 nitrogen and oxygen atoms in total. The van der Waals surface area contributed by atoms with Gasteiger partial charge in [-0.2, -0.15) is 0 Å². The van der Waals surface area contributed by atoms with Crippen molar-refractivity contribution in [3.8, 4) is 0 Å². The topological polar surface area (TPSA) is 41.6 Å². The lowest BCUT2D eigenvalue weighted by Crippen LogP contribution is -2.36. The summed E-state index contributed by atoms with van der Waals surface area (Å²) in [6, 6.07) is 14.3. The minimum Gasteiger partial charge on any atom is -0.369 e. The third-order valence-corrected chi connectivity index (χ3v) is 4.83. The molecule has 2 N–H and O–H groups in total. The minimum absolute atomic E-state index is 0.0809. The first kappa shape index (κ1) is 14.4. The van der Waals surface area contributed by atoms with Crippen molar-refractivity contribution in [3.63, 3.8) is 0 Å². The number of halogens is 2. The summed E-state index contributed by atoms with van der Waals surface area (Å²) >= 11 is 9.63. The molecule has 0 fully saturated rings. The highest BCUT2D eigenvalue weighted by atomic mass is 79.9. The molecule has 0 bridgehead atoms. The van der Waals surface area contributed by atoms with Crippen molar-refractivity contribution in [1.82, 2.24) is 0 Å². The highest BCUT2D eigenvalue weighted by Gasteiger charge is 2.29. The van der Waals surface area contributed by atoms with Gasteiger partial charge in [-0.3, -0.25) is 4.99 Å². The van der Waals surface area contributed by atoms with E-state index < -0.39 is 0 Å². The van der Waals surface area contributed by atoms with Gasteiger partial charge >= 0.3 is 0 Å². The van der Waals surface area contributed by atoms with Crippen LogP contribution >= 0.6 is 27.5 Å². The number of hydrogen-bond acceptors (Lipinski definition) is 3. The molecular formula is C16H15BrClN3. The van der Waals surface area contributed by atoms with E-state index in [0.29, 0.717) is 17.5 Å². The quantitative estimate of drug-likeness (QED) is 0.864. The van der Waals surface area contributed by atoms with Crippen LogP contribution in [0.5, 0.6) is 0 Å². The van der Waals surface area contributed by atoms with Crippen LogP contribution in [0.15, 0.2) is 51.9 Å². The van der Waals surface area contributed by atoms with E-state index in [4.69, 9.17) is 17.3 Å². The molecule has 108 valence electrons. The van der Waals surface area contributed by atoms with Crippen LogP contribution < -0.4 is 10.6 Å². The van der Waals surface area contributed by atoms with Crippen LogP contribution in [0.2, 0.25) is 5.02 Å². The van der Waals surface area contributed by atoms with Gasteiger partial charge in [-0.1, -0.05) is 29.8 Å². The second-order valence-electron chi connectivity index (χ2n) is 5.10. The van der Waals surface area contributed by atoms with E-state index in [9.17, 15) is 0 Å². The van der Waals surface area contributed by atoms with E-state index in [1.807, 2.05) is 24.3 Å². The highest BCUT2D eigenvalue weighted by Crippen LogP contribution is 2.34. The molecule has 1 aliphatic rings. The zero-order chi connectivity index (χ0) is 15.0. The Morgan fingerprint density at radius 2 is 2.10 bits per heavy atom. The predicted octanol–water partition coefficient (Wildman–Crippen LogP) is 4.29. The summed E-state index contributed by atoms with van der Waals surface area (Å²) in [5.41, 5.74) is 9.44. The Bertz CT molecular complexity index is 714. The van der Waals surface area contributed by atoms with E-state index in [-0.39, 0.29) is 6.04 Å². The molecule has 1 heterocycles. The second-order valence-corrected chi connectivity index (χ2v) is 6.36. The first-order valence-corrected chi connectivity index (χ1v) is 7.84. The van der Waals surface area contributed by atoms with Gasteiger partial charge in [-0.25, -0.2) is 0 Å². The molecule has 5 heteroatoms. The Morgan fingerprint density at radius 3 is 2.81 bits per heavy atom. The maximum atomic E-state index is 6.21. The number of nitrogens with two attached hydrogens (primary N) is 1. The standard InChI is InChI=1S/C16H15BrClN3/c1-10-3-2-4-12(7-10)21-15(9-20-16(21)19)11-5-6-13(17)14(18)8-11/h2-8,15H,9H2,1H3,(H2,19,20). The van der Waals surface area contributed by atoms with Gasteiger partial charge in [0.15, 0.2) is 5.96 Å². The SMILES string of the molecule is Cc1cccc(N2C(N)=NCC2c2ccc(Br)c(Cl)c2)c1. The number of benzene rings is 2. The van der Waals surface area contributed by atoms with Crippen molar-refractivity contribution < 1.29 is 0 Å². The van der Waals surface area contributed by atoms with Gasteiger partial charge in [-0.15, -0.1) is 0 Å². The number of aryl methyl sites for hydroxylation is 1. The molecule has 0 saturated carbocycles. The van der Waals surface area contributed by atoms with E-state index in [1.165, 1.54) is 5.56 Å². The first-order chi connectivity index (χ1) is 10.1. The molecule has 0 radical (unpaired) electrons. The second kappa shape index (κ2) is 5.70. The number of anilines is 1. The number of aliphatic imine (C=N–C) groups is 1. The fraction of sp³-hybridized carbons (Fsp3) is 0.188. The van der Waals surface area contributed by atoms with E-state index in [0.717, 1.165) is 15.7 Å². The van der Waals surface area contributed by atoms with Crippen molar-refractivity contribution >= 4 is 39.2 Å². The zero-order valence-electron chi connectivity index (χ0n) is 11.6. The Morgan fingerprint density at radius 1 is 1.29 bits per heavy atom. The maximum absolute atomic E-state index is 6.21. The summed E-state index contributed by atoms with van der Waals surface area (Å²) in [6.07, 6.45) is 0. The lowest BCUT2D eigenvalue weighted by Gasteiger charge is -2.27. The first-order valence-electron chi connectivity index (χ1n) is 6.67. The van der Waals surface area contributed by atoms with Crippen LogP contribution in [0, 0.1) is 6.92 Å². The Hall–Kier alpha value is -1.52. The fourth-order valence-corrected chi connectivity index (χ4v) is 3.00. The molecule has 1 unspecified atom stereocenters. The lowest BCUT2D eigenvalue weighted by atomic mass is 10.1. The highest BCUT2D eigenvalue weighted by molar-refractivity contribution is 9.10. The monoisotopic (exact) mass is 363 g/mol. The fourth-order valence-electron chi connectivity index (χ4n) is 2.56. The predicted molar refractivity (Wildman–Crippen MR) is 92.0 cm³/mol. The van der Waals surface area contributed by atoms with Gasteiger partial charge in [0.1, 0.15) is 0 Å². The van der Waals surface area contributed by atoms with Crippen LogP contribution in [-0.2, 0) is 0 Å². The summed E-state index contributed by atoms with van der Waals surface area (Å²) in [4.78, 5) is 6.46. The van der Waals surface area contributed by atoms with Crippen LogP contribution in [0.1, 0.15) is 17.2 Å². The Kier molecular flexibility index (Phi) is 3.91. The third kappa shape index (κ3) is 2.78. The molecule has 2 aromatic carbocycles. The smallest absolute Gasteiger partial charge is 0.196 e. The van der Waals surface area contributed by atoms with E-state index >= 15 is 0 Å². The lowest BCUT2D eigenvalue weighted by molar-refractivity contribution is 0.768. The largest absolute Gasteiger partial charge is 0.369 e. The van der Waals surface area contributed by atoms with Gasteiger partial charge < -0.3 is 10.6 Å². The molecule has 21 heavy (non-hydrogen) atoms. The summed E-state index contributed by atoms with van der Waals surface area (Å²) in [6.45, 7) is 2.70. The van der Waals surface area contributed by atoms with Gasteiger partial charge in [0, 0.05) is 10.2 Å². The number of guanidine groups is 1. The van der Waals surface area contributed by atoms with Crippen LogP contribution in [0.3, 0.4) is 0 Å². The molecular weight excluding hydrogens is 350 g/mol. The van der Waals surface area contributed by atoms with Crippen molar-refractivity contribution in [2.75, 3.05) is 11.4 Å². The molecule has 3 rings (SSSR count). The molecule has 0 spiro atoms. The molecule has 1 aliphatic heterocycles. The summed E-state index contributed by atoms with van der Waals surface area (Å²) in [7, 11) is 0. The van der Waals surface area contributed by atoms with Gasteiger partial charge in [0.25, 0.3) is 0 Å². The van der Waals surface area contributed by atoms with Gasteiger partial charge in [0.2, 0.25) is 0 Å². The van der Waals surface area contributed by atoms with Crippen molar-refractivity contribution in [2.45, 2.75) is 13.0 Å². The van der Waals surface area contributed by atoms with Crippen molar-refractivity contribution in [2.24, 2.45) is 10.7 Å². The van der Waals surface area contributed by atoms with Crippen LogP contribution in [-0.4, -0.2) is 12.5 Å². The number of nitrogens with zero attached hydrogens (tertiary/aromatic N) is 2. The van der Waals surface area contributed by atoms with Crippen molar-refractivity contribution in [1.29, 1.82) is 0 Å². The minimum atomic E-state index is 0.0809. The Balaban J connectivity index is 2.00. The van der Waals surface area contributed by atoms with Crippen molar-refractivity contribution in [3.05, 3.63) is 63.1 Å². The molecule has 0 aromatic heterocycles. The van der Waals surface area contributed by atoms with Gasteiger partial charge in [-0.05, 0) is 58.2 Å². The third-order valence-electron chi connectivity index (χ3n) is 3.59. The maximum Gasteiger partial charge on any atom is 0.196 e. The average Bonchev–Trinajstić information content (AvgIpc) is 2.84. The molecule has 0 saturated heterocycles. The zero-order valence-corrected chi connectivity index (χ0v) is 13.9. The average molecular weight is 365 g/mol. The molecule has 1 atom stereocenters. The summed E-state index contributed by atoms with van der Waals surface area (Å²) < 4.78 is 0.891. The van der Waals surface area contributed by atoms with Crippen LogP contribution in [0.4, 0.5) is 5.69 Å². The normalized spacial score (nSPS) is 18.0. The Labute approximate surface area is 137 Å². The molecule has 0 aliphatic carbocycles. The molecule has 2 aromatic rings. The summed E-state index contributed by atoms with van der Waals surface area (Å²) in [5.74, 6) is 0.546. The summed E-state index contributed by atoms with van der Waals surface area (Å²) in [5, 5.41) is 0.696. The molecule has 0 amide bonds. The van der Waals surface area contributed by atoms with Crippen LogP contribution in [0.25, 0.3) is 0 Å². The van der Waals surface area contributed by atoms with Gasteiger partial charge in [0.05, 0.1) is 17.6 Å².